The van der Waals surface area contributed by atoms with Gasteiger partial charge >= 0.3 is 0 Å². The van der Waals surface area contributed by atoms with Crippen LogP contribution in [0.15, 0.2) is 39.9 Å². The molecule has 1 amide bonds. The predicted molar refractivity (Wildman–Crippen MR) is 117 cm³/mol. The summed E-state index contributed by atoms with van der Waals surface area (Å²) in [7, 11) is 0. The Balaban J connectivity index is 1.84. The molecule has 1 aromatic heterocycles. The lowest BCUT2D eigenvalue weighted by Gasteiger charge is -2.41. The van der Waals surface area contributed by atoms with Gasteiger partial charge in [0, 0.05) is 35.3 Å². The third-order valence-electron chi connectivity index (χ3n) is 5.35. The second-order valence-corrected chi connectivity index (χ2v) is 11.6. The van der Waals surface area contributed by atoms with Gasteiger partial charge < -0.3 is 0 Å². The van der Waals surface area contributed by atoms with Crippen molar-refractivity contribution in [2.75, 3.05) is 4.90 Å². The average molecular weight is 446 g/mol. The molecule has 1 aliphatic heterocycles. The Kier molecular flexibility index (Phi) is 5.57. The number of allylic oxidation sites excluding steroid dienone is 2. The number of rotatable bonds is 4. The van der Waals surface area contributed by atoms with Gasteiger partial charge in [0.25, 0.3) is 0 Å². The zero-order valence-electron chi connectivity index (χ0n) is 17.4. The van der Waals surface area contributed by atoms with Crippen LogP contribution in [-0.4, -0.2) is 27.1 Å². The summed E-state index contributed by atoms with van der Waals surface area (Å²) in [6.07, 6.45) is 0.971. The second kappa shape index (κ2) is 7.89. The fraction of sp³-hybridized carbons (Fsp3) is 0.455. The summed E-state index contributed by atoms with van der Waals surface area (Å²) in [6, 6.07) is 6.41. The molecule has 0 unspecified atom stereocenters. The summed E-state index contributed by atoms with van der Waals surface area (Å²) in [4.78, 5) is 28.1. The number of aromatic nitrogens is 2. The number of hydrogen-bond acceptors (Lipinski definition) is 6. The summed E-state index contributed by atoms with van der Waals surface area (Å²) in [5, 5.41) is 9.30. The largest absolute Gasteiger partial charge is 0.294 e. The number of hydrogen-bond donors (Lipinski definition) is 0. The number of carbonyl (C=O) groups is 2. The summed E-state index contributed by atoms with van der Waals surface area (Å²) in [5.74, 6) is -1.15. The molecule has 2 aromatic rings. The maximum Gasteiger partial charge on any atom is 0.234 e. The van der Waals surface area contributed by atoms with E-state index in [1.54, 1.807) is 34.9 Å². The Morgan fingerprint density at radius 3 is 2.63 bits per heavy atom. The summed E-state index contributed by atoms with van der Waals surface area (Å²) < 4.78 is 15.4. The molecule has 1 aromatic carbocycles. The molecule has 8 heteroatoms. The Hall–Kier alpha value is -2.06. The highest BCUT2D eigenvalue weighted by atomic mass is 32.2. The fourth-order valence-corrected chi connectivity index (χ4v) is 6.31. The van der Waals surface area contributed by atoms with Gasteiger partial charge in [-0.1, -0.05) is 69.0 Å². The second-order valence-electron chi connectivity index (χ2n) is 8.83. The number of ketones is 1. The Bertz CT molecular complexity index is 1040. The predicted octanol–water partition coefficient (Wildman–Crippen LogP) is 5.34. The van der Waals surface area contributed by atoms with Gasteiger partial charge in [-0.15, -0.1) is 10.2 Å². The van der Waals surface area contributed by atoms with Gasteiger partial charge in [-0.25, -0.2) is 4.39 Å². The van der Waals surface area contributed by atoms with Gasteiger partial charge in [0.05, 0.1) is 0 Å². The average Bonchev–Trinajstić information content (AvgIpc) is 3.07. The van der Waals surface area contributed by atoms with E-state index in [2.05, 4.69) is 24.0 Å². The molecular formula is C22H24FN3O2S2. The van der Waals surface area contributed by atoms with Crippen molar-refractivity contribution in [3.8, 4) is 0 Å². The maximum atomic E-state index is 14.6. The molecule has 0 fully saturated rings. The summed E-state index contributed by atoms with van der Waals surface area (Å²) >= 11 is 2.94. The van der Waals surface area contributed by atoms with Gasteiger partial charge in [0.1, 0.15) is 5.82 Å². The molecule has 0 bridgehead atoms. The van der Waals surface area contributed by atoms with Crippen LogP contribution >= 0.6 is 23.1 Å². The first kappa shape index (κ1) is 21.2. The van der Waals surface area contributed by atoms with E-state index in [4.69, 9.17) is 0 Å². The molecule has 158 valence electrons. The van der Waals surface area contributed by atoms with Crippen molar-refractivity contribution in [1.82, 2.24) is 10.2 Å². The van der Waals surface area contributed by atoms with Crippen molar-refractivity contribution in [2.45, 2.75) is 62.5 Å². The van der Waals surface area contributed by atoms with Crippen LogP contribution in [0.25, 0.3) is 0 Å². The summed E-state index contributed by atoms with van der Waals surface area (Å²) in [5.41, 5.74) is 1.32. The van der Waals surface area contributed by atoms with E-state index < -0.39 is 5.92 Å². The number of Topliss-reactive ketones (excluding diaryl/α,β-unsaturated/α-hetero) is 1. The molecule has 0 saturated heterocycles. The third kappa shape index (κ3) is 3.95. The van der Waals surface area contributed by atoms with Crippen LogP contribution < -0.4 is 4.90 Å². The zero-order valence-corrected chi connectivity index (χ0v) is 19.1. The van der Waals surface area contributed by atoms with Crippen molar-refractivity contribution in [2.24, 2.45) is 5.41 Å². The molecule has 0 N–H and O–H groups in total. The van der Waals surface area contributed by atoms with Crippen LogP contribution in [0.5, 0.6) is 0 Å². The van der Waals surface area contributed by atoms with Gasteiger partial charge in [-0.2, -0.15) is 0 Å². The lowest BCUT2D eigenvalue weighted by atomic mass is 9.69. The van der Waals surface area contributed by atoms with E-state index in [0.717, 1.165) is 4.34 Å². The molecule has 2 aliphatic rings. The van der Waals surface area contributed by atoms with Crippen LogP contribution in [-0.2, 0) is 9.59 Å². The molecule has 0 saturated carbocycles. The Labute approximate surface area is 183 Å². The molecule has 0 radical (unpaired) electrons. The van der Waals surface area contributed by atoms with Crippen LogP contribution in [0.2, 0.25) is 0 Å². The van der Waals surface area contributed by atoms with Gasteiger partial charge in [-0.3, -0.25) is 14.5 Å². The number of thioether (sulfide) groups is 1. The maximum absolute atomic E-state index is 14.6. The van der Waals surface area contributed by atoms with Crippen molar-refractivity contribution < 1.29 is 14.0 Å². The molecule has 1 aliphatic carbocycles. The van der Waals surface area contributed by atoms with E-state index >= 15 is 0 Å². The smallest absolute Gasteiger partial charge is 0.234 e. The van der Waals surface area contributed by atoms with Crippen LogP contribution in [0, 0.1) is 11.2 Å². The van der Waals surface area contributed by atoms with Gasteiger partial charge in [0.15, 0.2) is 10.1 Å². The molecule has 0 spiro atoms. The molecule has 4 rings (SSSR count). The SMILES string of the molecule is CC(C)Sc1nnc(N2C(=O)C[C@H](c3ccccc3F)C3=C2CC(C)(C)CC3=O)s1. The van der Waals surface area contributed by atoms with E-state index in [-0.39, 0.29) is 29.3 Å². The number of amides is 1. The summed E-state index contributed by atoms with van der Waals surface area (Å²) in [6.45, 7) is 8.17. The quantitative estimate of drug-likeness (QED) is 0.469. The standard InChI is InChI=1S/C22H24FN3O2S2/c1-12(2)29-21-25-24-20(30-21)26-16-10-22(3,4)11-17(27)19(16)14(9-18(26)28)13-7-5-6-8-15(13)23/h5-8,12,14H,9-11H2,1-4H3/t14-/m1/s1. The van der Waals surface area contributed by atoms with E-state index in [9.17, 15) is 14.0 Å². The van der Waals surface area contributed by atoms with Crippen molar-refractivity contribution in [1.29, 1.82) is 0 Å². The molecule has 1 atom stereocenters. The molecule has 30 heavy (non-hydrogen) atoms. The number of carbonyl (C=O) groups excluding carboxylic acids is 2. The topological polar surface area (TPSA) is 63.2 Å². The first-order valence-electron chi connectivity index (χ1n) is 10.00. The highest BCUT2D eigenvalue weighted by molar-refractivity contribution is 8.01. The monoisotopic (exact) mass is 445 g/mol. The Morgan fingerprint density at radius 2 is 1.93 bits per heavy atom. The molecular weight excluding hydrogens is 421 g/mol. The minimum atomic E-state index is -0.564. The number of halogens is 1. The first-order valence-corrected chi connectivity index (χ1v) is 11.7. The van der Waals surface area contributed by atoms with E-state index in [1.807, 2.05) is 13.8 Å². The lowest BCUT2D eigenvalue weighted by molar-refractivity contribution is -0.121. The minimum absolute atomic E-state index is 0.0201. The number of anilines is 1. The van der Waals surface area contributed by atoms with E-state index in [0.29, 0.717) is 40.1 Å². The van der Waals surface area contributed by atoms with Gasteiger partial charge in [-0.05, 0) is 23.5 Å². The minimum Gasteiger partial charge on any atom is -0.294 e. The van der Waals surface area contributed by atoms with Crippen LogP contribution in [0.4, 0.5) is 9.52 Å². The van der Waals surface area contributed by atoms with Crippen molar-refractivity contribution in [3.63, 3.8) is 0 Å². The number of nitrogens with zero attached hydrogens (tertiary/aromatic N) is 3. The Morgan fingerprint density at radius 1 is 1.20 bits per heavy atom. The first-order chi connectivity index (χ1) is 14.2. The number of benzene rings is 1. The van der Waals surface area contributed by atoms with Crippen LogP contribution in [0.1, 0.15) is 58.4 Å². The highest BCUT2D eigenvalue weighted by Crippen LogP contribution is 2.49. The highest BCUT2D eigenvalue weighted by Gasteiger charge is 2.45. The fourth-order valence-electron chi connectivity index (χ4n) is 4.20. The zero-order chi connectivity index (χ0) is 21.6. The molecule has 2 heterocycles. The third-order valence-corrected chi connectivity index (χ3v) is 7.34. The normalized spacial score (nSPS) is 21.4. The van der Waals surface area contributed by atoms with Crippen molar-refractivity contribution >= 4 is 39.9 Å². The lowest BCUT2D eigenvalue weighted by Crippen LogP contribution is -2.43. The molecule has 5 nitrogen and oxygen atoms in total. The van der Waals surface area contributed by atoms with Crippen molar-refractivity contribution in [3.05, 3.63) is 46.9 Å². The van der Waals surface area contributed by atoms with E-state index in [1.165, 1.54) is 17.4 Å². The van der Waals surface area contributed by atoms with Crippen LogP contribution in [0.3, 0.4) is 0 Å². The van der Waals surface area contributed by atoms with Gasteiger partial charge in [0.2, 0.25) is 11.0 Å².